The van der Waals surface area contributed by atoms with Gasteiger partial charge in [-0.2, -0.15) is 0 Å². The topological polar surface area (TPSA) is 21.3 Å². The second kappa shape index (κ2) is 5.40. The molecule has 1 saturated carbocycles. The van der Waals surface area contributed by atoms with Gasteiger partial charge in [0.25, 0.3) is 0 Å². The Bertz CT molecular complexity index is 460. The molecule has 1 aromatic carbocycles. The Morgan fingerprint density at radius 2 is 1.80 bits per heavy atom. The summed E-state index contributed by atoms with van der Waals surface area (Å²) in [5.74, 6) is 1.97. The minimum Gasteiger partial charge on any atom is -0.487 e. The molecule has 1 N–H and O–H groups in total. The largest absolute Gasteiger partial charge is 0.487 e. The van der Waals surface area contributed by atoms with Gasteiger partial charge in [-0.3, -0.25) is 0 Å². The van der Waals surface area contributed by atoms with Crippen LogP contribution in [0, 0.1) is 5.92 Å². The van der Waals surface area contributed by atoms with E-state index < -0.39 is 0 Å². The molecule has 0 aromatic heterocycles. The summed E-state index contributed by atoms with van der Waals surface area (Å²) in [6.07, 6.45) is 6.43. The maximum atomic E-state index is 6.12. The molecule has 1 aliphatic heterocycles. The Balaban J connectivity index is 1.75. The van der Waals surface area contributed by atoms with Gasteiger partial charge >= 0.3 is 0 Å². The Labute approximate surface area is 122 Å². The molecule has 110 valence electrons. The first-order valence-corrected chi connectivity index (χ1v) is 8.07. The van der Waals surface area contributed by atoms with Crippen molar-refractivity contribution < 1.29 is 4.74 Å². The Kier molecular flexibility index (Phi) is 3.76. The molecule has 1 aromatic rings. The molecule has 0 radical (unpaired) electrons. The average molecular weight is 273 g/mol. The van der Waals surface area contributed by atoms with E-state index in [1.165, 1.54) is 31.2 Å². The van der Waals surface area contributed by atoms with Crippen molar-refractivity contribution in [3.8, 4) is 5.75 Å². The lowest BCUT2D eigenvalue weighted by molar-refractivity contribution is 0.0618. The van der Waals surface area contributed by atoms with E-state index in [4.69, 9.17) is 4.74 Å². The van der Waals surface area contributed by atoms with Crippen LogP contribution in [0.1, 0.15) is 64.5 Å². The first-order chi connectivity index (χ1) is 9.53. The van der Waals surface area contributed by atoms with Gasteiger partial charge in [0.1, 0.15) is 11.4 Å². The Hall–Kier alpha value is -1.02. The molecular weight excluding hydrogens is 246 g/mol. The molecule has 1 unspecified atom stereocenters. The molecule has 2 nitrogen and oxygen atoms in total. The Morgan fingerprint density at radius 3 is 2.55 bits per heavy atom. The van der Waals surface area contributed by atoms with E-state index in [9.17, 15) is 0 Å². The molecule has 2 aliphatic rings. The summed E-state index contributed by atoms with van der Waals surface area (Å²) in [6.45, 7) is 6.77. The molecule has 0 bridgehead atoms. The van der Waals surface area contributed by atoms with Crippen LogP contribution in [0.3, 0.4) is 0 Å². The SMILES string of the molecule is CC1CCC(NC2CC(C)(C)Oc3ccccc32)CC1. The smallest absolute Gasteiger partial charge is 0.124 e. The van der Waals surface area contributed by atoms with Crippen LogP contribution < -0.4 is 10.1 Å². The van der Waals surface area contributed by atoms with Gasteiger partial charge in [-0.25, -0.2) is 0 Å². The zero-order valence-electron chi connectivity index (χ0n) is 13.0. The van der Waals surface area contributed by atoms with Crippen LogP contribution in [-0.4, -0.2) is 11.6 Å². The van der Waals surface area contributed by atoms with E-state index in [-0.39, 0.29) is 5.60 Å². The van der Waals surface area contributed by atoms with Gasteiger partial charge in [0.15, 0.2) is 0 Å². The van der Waals surface area contributed by atoms with Crippen molar-refractivity contribution in [2.24, 2.45) is 5.92 Å². The average Bonchev–Trinajstić information content (AvgIpc) is 2.40. The second-order valence-corrected chi connectivity index (χ2v) is 7.28. The third-order valence-electron chi connectivity index (χ3n) is 4.83. The lowest BCUT2D eigenvalue weighted by atomic mass is 9.84. The highest BCUT2D eigenvalue weighted by Gasteiger charge is 2.34. The van der Waals surface area contributed by atoms with E-state index in [1.54, 1.807) is 0 Å². The summed E-state index contributed by atoms with van der Waals surface area (Å²) >= 11 is 0. The third kappa shape index (κ3) is 3.01. The maximum absolute atomic E-state index is 6.12. The first kappa shape index (κ1) is 13.9. The quantitative estimate of drug-likeness (QED) is 0.859. The molecule has 0 spiro atoms. The highest BCUT2D eigenvalue weighted by molar-refractivity contribution is 5.38. The van der Waals surface area contributed by atoms with Crippen LogP contribution in [0.2, 0.25) is 0 Å². The van der Waals surface area contributed by atoms with Gasteiger partial charge in [-0.05, 0) is 51.5 Å². The summed E-state index contributed by atoms with van der Waals surface area (Å²) in [5.41, 5.74) is 1.26. The van der Waals surface area contributed by atoms with Crippen molar-refractivity contribution in [3.05, 3.63) is 29.8 Å². The zero-order chi connectivity index (χ0) is 14.2. The molecule has 0 saturated heterocycles. The fourth-order valence-corrected chi connectivity index (χ4v) is 3.66. The number of para-hydroxylation sites is 1. The minimum atomic E-state index is -0.0754. The number of rotatable bonds is 2. The molecule has 20 heavy (non-hydrogen) atoms. The minimum absolute atomic E-state index is 0.0754. The third-order valence-corrected chi connectivity index (χ3v) is 4.83. The lowest BCUT2D eigenvalue weighted by Crippen LogP contribution is -2.43. The van der Waals surface area contributed by atoms with Crippen molar-refractivity contribution in [2.75, 3.05) is 0 Å². The van der Waals surface area contributed by atoms with E-state index in [2.05, 4.69) is 50.4 Å². The predicted molar refractivity (Wildman–Crippen MR) is 83.1 cm³/mol. The molecule has 1 heterocycles. The number of benzene rings is 1. The molecule has 2 heteroatoms. The van der Waals surface area contributed by atoms with E-state index in [1.807, 2.05) is 0 Å². The van der Waals surface area contributed by atoms with Crippen molar-refractivity contribution >= 4 is 0 Å². The van der Waals surface area contributed by atoms with Crippen LogP contribution in [0.15, 0.2) is 24.3 Å². The summed E-state index contributed by atoms with van der Waals surface area (Å²) in [7, 11) is 0. The normalized spacial score (nSPS) is 32.2. The summed E-state index contributed by atoms with van der Waals surface area (Å²) in [6, 6.07) is 9.63. The van der Waals surface area contributed by atoms with Gasteiger partial charge in [-0.1, -0.05) is 25.1 Å². The number of hydrogen-bond donors (Lipinski definition) is 1. The molecule has 1 aliphatic carbocycles. The maximum Gasteiger partial charge on any atom is 0.124 e. The summed E-state index contributed by atoms with van der Waals surface area (Å²) < 4.78 is 6.12. The van der Waals surface area contributed by atoms with Crippen LogP contribution >= 0.6 is 0 Å². The van der Waals surface area contributed by atoms with Crippen molar-refractivity contribution in [2.45, 2.75) is 70.6 Å². The molecule has 0 amide bonds. The molecule has 3 rings (SSSR count). The van der Waals surface area contributed by atoms with Gasteiger partial charge in [0, 0.05) is 24.1 Å². The van der Waals surface area contributed by atoms with Crippen LogP contribution in [0.4, 0.5) is 0 Å². The van der Waals surface area contributed by atoms with Crippen LogP contribution in [0.25, 0.3) is 0 Å². The number of ether oxygens (including phenoxy) is 1. The fraction of sp³-hybridized carbons (Fsp3) is 0.667. The van der Waals surface area contributed by atoms with Crippen molar-refractivity contribution in [1.29, 1.82) is 0 Å². The number of nitrogens with one attached hydrogen (secondary N) is 1. The number of fused-ring (bicyclic) bond motifs is 1. The Morgan fingerprint density at radius 1 is 1.10 bits per heavy atom. The molecular formula is C18H27NO. The van der Waals surface area contributed by atoms with E-state index >= 15 is 0 Å². The van der Waals surface area contributed by atoms with Crippen molar-refractivity contribution in [3.63, 3.8) is 0 Å². The van der Waals surface area contributed by atoms with Gasteiger partial charge in [0.05, 0.1) is 0 Å². The highest BCUT2D eigenvalue weighted by atomic mass is 16.5. The molecule has 1 fully saturated rings. The van der Waals surface area contributed by atoms with Crippen LogP contribution in [0.5, 0.6) is 5.75 Å². The zero-order valence-corrected chi connectivity index (χ0v) is 13.0. The molecule has 1 atom stereocenters. The lowest BCUT2D eigenvalue weighted by Gasteiger charge is -2.40. The second-order valence-electron chi connectivity index (χ2n) is 7.28. The van der Waals surface area contributed by atoms with Crippen molar-refractivity contribution in [1.82, 2.24) is 5.32 Å². The van der Waals surface area contributed by atoms with Gasteiger partial charge in [-0.15, -0.1) is 0 Å². The standard InChI is InChI=1S/C18H27NO/c1-13-8-10-14(11-9-13)19-16-12-18(2,3)20-17-7-5-4-6-15(16)17/h4-7,13-14,16,19H,8-12H2,1-3H3. The predicted octanol–water partition coefficient (Wildman–Crippen LogP) is 4.46. The highest BCUT2D eigenvalue weighted by Crippen LogP contribution is 2.40. The van der Waals surface area contributed by atoms with Gasteiger partial charge in [0.2, 0.25) is 0 Å². The van der Waals surface area contributed by atoms with Gasteiger partial charge < -0.3 is 10.1 Å². The summed E-state index contributed by atoms with van der Waals surface area (Å²) in [4.78, 5) is 0. The number of hydrogen-bond acceptors (Lipinski definition) is 2. The van der Waals surface area contributed by atoms with E-state index in [0.29, 0.717) is 12.1 Å². The fourth-order valence-electron chi connectivity index (χ4n) is 3.66. The first-order valence-electron chi connectivity index (χ1n) is 8.07. The van der Waals surface area contributed by atoms with E-state index in [0.717, 1.165) is 18.1 Å². The summed E-state index contributed by atoms with van der Waals surface area (Å²) in [5, 5.41) is 3.91. The monoisotopic (exact) mass is 273 g/mol. The van der Waals surface area contributed by atoms with Crippen LogP contribution in [-0.2, 0) is 0 Å².